The van der Waals surface area contributed by atoms with Crippen LogP contribution in [-0.4, -0.2) is 41.0 Å². The predicted molar refractivity (Wildman–Crippen MR) is 182 cm³/mol. The normalized spacial score (nSPS) is 11.2. The van der Waals surface area contributed by atoms with E-state index in [0.717, 1.165) is 22.3 Å². The summed E-state index contributed by atoms with van der Waals surface area (Å²) in [6.07, 6.45) is 0.164. The Labute approximate surface area is 273 Å². The van der Waals surface area contributed by atoms with E-state index in [-0.39, 0.29) is 25.3 Å². The summed E-state index contributed by atoms with van der Waals surface area (Å²) in [5.41, 5.74) is 15.4. The number of nitrogen functional groups attached to an aromatic ring is 1. The molecule has 0 aliphatic carbocycles. The van der Waals surface area contributed by atoms with E-state index in [0.29, 0.717) is 22.6 Å². The third-order valence-corrected chi connectivity index (χ3v) is 7.54. The van der Waals surface area contributed by atoms with Gasteiger partial charge in [0.05, 0.1) is 6.54 Å². The summed E-state index contributed by atoms with van der Waals surface area (Å²) < 4.78 is 6.03. The molecule has 0 fully saturated rings. The first-order chi connectivity index (χ1) is 22.8. The SMILES string of the molecule is N=C(N)c1ccc(C(=O)N(Cc2cccc(Oc3ccccc3)c2)C(Cc2ccc(-c3ccccc3)cc2)C(=O)NCC(N)=O)cc1. The largest absolute Gasteiger partial charge is 0.457 e. The molecule has 3 amide bonds. The minimum atomic E-state index is -1.02. The summed E-state index contributed by atoms with van der Waals surface area (Å²) >= 11 is 0. The Kier molecular flexibility index (Phi) is 10.4. The molecule has 9 nitrogen and oxygen atoms in total. The third-order valence-electron chi connectivity index (χ3n) is 7.54. The molecule has 5 rings (SSSR count). The lowest BCUT2D eigenvalue weighted by Gasteiger charge is -2.31. The van der Waals surface area contributed by atoms with Crippen LogP contribution in [0.4, 0.5) is 0 Å². The van der Waals surface area contributed by atoms with Crippen molar-refractivity contribution < 1.29 is 19.1 Å². The molecule has 0 saturated carbocycles. The van der Waals surface area contributed by atoms with E-state index >= 15 is 0 Å². The molecule has 1 atom stereocenters. The molecule has 0 saturated heterocycles. The van der Waals surface area contributed by atoms with Crippen molar-refractivity contribution in [3.63, 3.8) is 0 Å². The zero-order chi connectivity index (χ0) is 33.2. The summed E-state index contributed by atoms with van der Waals surface area (Å²) in [7, 11) is 0. The maximum absolute atomic E-state index is 14.3. The van der Waals surface area contributed by atoms with E-state index in [9.17, 15) is 14.4 Å². The second-order valence-corrected chi connectivity index (χ2v) is 11.0. The molecule has 1 unspecified atom stereocenters. The van der Waals surface area contributed by atoms with Gasteiger partial charge < -0.3 is 26.4 Å². The highest BCUT2D eigenvalue weighted by Crippen LogP contribution is 2.25. The van der Waals surface area contributed by atoms with E-state index in [1.807, 2.05) is 109 Å². The van der Waals surface area contributed by atoms with Crippen LogP contribution in [0.1, 0.15) is 27.0 Å². The Morgan fingerprint density at radius 2 is 1.28 bits per heavy atom. The van der Waals surface area contributed by atoms with Gasteiger partial charge >= 0.3 is 0 Å². The van der Waals surface area contributed by atoms with Crippen molar-refractivity contribution in [2.75, 3.05) is 6.54 Å². The smallest absolute Gasteiger partial charge is 0.254 e. The fourth-order valence-electron chi connectivity index (χ4n) is 5.13. The van der Waals surface area contributed by atoms with Crippen LogP contribution < -0.4 is 21.5 Å². The summed E-state index contributed by atoms with van der Waals surface area (Å²) in [6, 6.07) is 39.7. The first kappa shape index (κ1) is 32.2. The summed E-state index contributed by atoms with van der Waals surface area (Å²) in [6.45, 7) is -0.325. The molecule has 0 aromatic heterocycles. The van der Waals surface area contributed by atoms with Gasteiger partial charge in [0.1, 0.15) is 23.4 Å². The Hall–Kier alpha value is -6.22. The van der Waals surface area contributed by atoms with Crippen molar-refractivity contribution in [2.24, 2.45) is 11.5 Å². The number of hydrogen-bond donors (Lipinski definition) is 4. The number of para-hydroxylation sites is 1. The first-order valence-corrected chi connectivity index (χ1v) is 15.0. The molecule has 47 heavy (non-hydrogen) atoms. The average molecular weight is 626 g/mol. The third kappa shape index (κ3) is 8.70. The summed E-state index contributed by atoms with van der Waals surface area (Å²) in [5.74, 6) is -0.550. The zero-order valence-electron chi connectivity index (χ0n) is 25.6. The topological polar surface area (TPSA) is 152 Å². The fraction of sp³-hybridized carbons (Fsp3) is 0.105. The van der Waals surface area contributed by atoms with Crippen LogP contribution in [-0.2, 0) is 22.6 Å². The molecule has 0 aliphatic heterocycles. The fourth-order valence-corrected chi connectivity index (χ4v) is 5.13. The van der Waals surface area contributed by atoms with Crippen molar-refractivity contribution in [3.05, 3.63) is 156 Å². The van der Waals surface area contributed by atoms with Gasteiger partial charge in [-0.05, 0) is 58.7 Å². The molecule has 0 heterocycles. The average Bonchev–Trinajstić information content (AvgIpc) is 3.09. The van der Waals surface area contributed by atoms with Crippen LogP contribution in [0.2, 0.25) is 0 Å². The Morgan fingerprint density at radius 1 is 0.681 bits per heavy atom. The summed E-state index contributed by atoms with van der Waals surface area (Å²) in [5, 5.41) is 10.3. The molecule has 0 bridgehead atoms. The van der Waals surface area contributed by atoms with E-state index < -0.39 is 23.8 Å². The van der Waals surface area contributed by atoms with Crippen LogP contribution in [0, 0.1) is 5.41 Å². The van der Waals surface area contributed by atoms with Crippen molar-refractivity contribution in [1.29, 1.82) is 5.41 Å². The molecule has 6 N–H and O–H groups in total. The lowest BCUT2D eigenvalue weighted by molar-refractivity contribution is -0.128. The van der Waals surface area contributed by atoms with Gasteiger partial charge in [0.2, 0.25) is 11.8 Å². The van der Waals surface area contributed by atoms with Crippen LogP contribution >= 0.6 is 0 Å². The monoisotopic (exact) mass is 625 g/mol. The van der Waals surface area contributed by atoms with Gasteiger partial charge in [0.25, 0.3) is 5.91 Å². The number of nitrogens with two attached hydrogens (primary N) is 2. The quantitative estimate of drug-likeness (QED) is 0.104. The molecule has 0 spiro atoms. The highest BCUT2D eigenvalue weighted by molar-refractivity contribution is 6.00. The number of carbonyl (C=O) groups excluding carboxylic acids is 3. The molecule has 5 aromatic carbocycles. The number of nitrogens with one attached hydrogen (secondary N) is 2. The predicted octanol–water partition coefficient (Wildman–Crippen LogP) is 5.29. The zero-order valence-corrected chi connectivity index (χ0v) is 25.6. The second-order valence-electron chi connectivity index (χ2n) is 11.0. The van der Waals surface area contributed by atoms with Crippen molar-refractivity contribution >= 4 is 23.6 Å². The number of ether oxygens (including phenoxy) is 1. The van der Waals surface area contributed by atoms with Crippen LogP contribution in [0.3, 0.4) is 0 Å². The molecular weight excluding hydrogens is 590 g/mol. The van der Waals surface area contributed by atoms with Gasteiger partial charge in [0.15, 0.2) is 0 Å². The molecule has 5 aromatic rings. The minimum Gasteiger partial charge on any atom is -0.457 e. The molecule has 0 radical (unpaired) electrons. The highest BCUT2D eigenvalue weighted by atomic mass is 16.5. The van der Waals surface area contributed by atoms with Crippen LogP contribution in [0.25, 0.3) is 11.1 Å². The molecule has 9 heteroatoms. The molecule has 0 aliphatic rings. The highest BCUT2D eigenvalue weighted by Gasteiger charge is 2.31. The summed E-state index contributed by atoms with van der Waals surface area (Å²) in [4.78, 5) is 41.1. The van der Waals surface area contributed by atoms with E-state index in [2.05, 4.69) is 5.32 Å². The number of carbonyl (C=O) groups is 3. The number of benzene rings is 5. The standard InChI is InChI=1S/C38H35N5O4/c39-35(44)24-42-37(45)34(23-26-14-16-29(17-15-26)28-9-3-1-4-10-28)43(38(46)31-20-18-30(19-21-31)36(40)41)25-27-8-7-13-33(22-27)47-32-11-5-2-6-12-32/h1-22,34H,23-25H2,(H2,39,44)(H3,40,41)(H,42,45). The Balaban J connectivity index is 1.51. The lowest BCUT2D eigenvalue weighted by atomic mass is 9.98. The van der Waals surface area contributed by atoms with Crippen LogP contribution in [0.5, 0.6) is 11.5 Å². The Morgan fingerprint density at radius 3 is 1.91 bits per heavy atom. The van der Waals surface area contributed by atoms with Gasteiger partial charge in [-0.3, -0.25) is 19.8 Å². The first-order valence-electron chi connectivity index (χ1n) is 15.0. The maximum atomic E-state index is 14.3. The number of amidine groups is 1. The van der Waals surface area contributed by atoms with Crippen molar-refractivity contribution in [2.45, 2.75) is 19.0 Å². The maximum Gasteiger partial charge on any atom is 0.254 e. The van der Waals surface area contributed by atoms with Gasteiger partial charge in [-0.25, -0.2) is 0 Å². The van der Waals surface area contributed by atoms with Crippen LogP contribution in [0.15, 0.2) is 133 Å². The van der Waals surface area contributed by atoms with Gasteiger partial charge in [-0.1, -0.05) is 97.1 Å². The van der Waals surface area contributed by atoms with E-state index in [1.165, 1.54) is 4.90 Å². The van der Waals surface area contributed by atoms with Gasteiger partial charge in [-0.2, -0.15) is 0 Å². The Bertz CT molecular complexity index is 1840. The van der Waals surface area contributed by atoms with Crippen molar-refractivity contribution in [1.82, 2.24) is 10.2 Å². The minimum absolute atomic E-state index is 0.0516. The van der Waals surface area contributed by atoms with E-state index in [1.54, 1.807) is 24.3 Å². The van der Waals surface area contributed by atoms with Gasteiger partial charge in [0, 0.05) is 24.1 Å². The number of nitrogens with zero attached hydrogens (tertiary/aromatic N) is 1. The number of hydrogen-bond acceptors (Lipinski definition) is 5. The van der Waals surface area contributed by atoms with E-state index in [4.69, 9.17) is 21.6 Å². The number of primary amides is 1. The second kappa shape index (κ2) is 15.2. The molecular formula is C38H35N5O4. The lowest BCUT2D eigenvalue weighted by Crippen LogP contribution is -2.51. The van der Waals surface area contributed by atoms with Crippen molar-refractivity contribution in [3.8, 4) is 22.6 Å². The van der Waals surface area contributed by atoms with Gasteiger partial charge in [-0.15, -0.1) is 0 Å². The molecule has 236 valence electrons. The number of rotatable bonds is 13. The number of amides is 3.